The molecule has 0 aliphatic heterocycles. The predicted molar refractivity (Wildman–Crippen MR) is 71.6 cm³/mol. The topological polar surface area (TPSA) is 66.4 Å². The van der Waals surface area contributed by atoms with Crippen molar-refractivity contribution in [2.75, 3.05) is 6.54 Å². The lowest BCUT2D eigenvalue weighted by Crippen LogP contribution is -2.34. The van der Waals surface area contributed by atoms with E-state index in [-0.39, 0.29) is 18.6 Å². The Kier molecular flexibility index (Phi) is 5.06. The molecule has 1 aromatic carbocycles. The van der Waals surface area contributed by atoms with Crippen LogP contribution in [0.25, 0.3) is 0 Å². The average molecular weight is 289 g/mol. The van der Waals surface area contributed by atoms with Crippen LogP contribution in [0.2, 0.25) is 0 Å². The van der Waals surface area contributed by atoms with E-state index in [0.717, 1.165) is 12.5 Å². The summed E-state index contributed by atoms with van der Waals surface area (Å²) in [5, 5.41) is 8.87. The normalized spacial score (nSPS) is 12.7. The lowest BCUT2D eigenvalue weighted by Gasteiger charge is -2.22. The standard InChI is InChI=1S/C13H20FNO3S/c1-4-13(2,3)9-15-19(17,18)12-6-5-10(8-16)7-11(12)14/h5-7,15-16H,4,8-9H2,1-3H3. The molecule has 0 aliphatic carbocycles. The van der Waals surface area contributed by atoms with Crippen LogP contribution in [0.5, 0.6) is 0 Å². The summed E-state index contributed by atoms with van der Waals surface area (Å²) in [5.41, 5.74) is 0.152. The molecule has 2 N–H and O–H groups in total. The van der Waals surface area contributed by atoms with Crippen molar-refractivity contribution < 1.29 is 17.9 Å². The van der Waals surface area contributed by atoms with Crippen molar-refractivity contribution in [2.45, 2.75) is 38.7 Å². The van der Waals surface area contributed by atoms with E-state index in [0.29, 0.717) is 5.56 Å². The highest BCUT2D eigenvalue weighted by molar-refractivity contribution is 7.89. The number of aliphatic hydroxyl groups is 1. The van der Waals surface area contributed by atoms with Crippen molar-refractivity contribution in [2.24, 2.45) is 5.41 Å². The molecule has 0 saturated carbocycles. The van der Waals surface area contributed by atoms with Gasteiger partial charge in [0, 0.05) is 6.54 Å². The first-order chi connectivity index (χ1) is 8.72. The number of hydrogen-bond donors (Lipinski definition) is 2. The number of halogens is 1. The first-order valence-electron chi connectivity index (χ1n) is 6.11. The quantitative estimate of drug-likeness (QED) is 0.842. The Bertz CT molecular complexity index is 541. The fourth-order valence-electron chi connectivity index (χ4n) is 1.35. The van der Waals surface area contributed by atoms with Crippen LogP contribution in [0.1, 0.15) is 32.8 Å². The van der Waals surface area contributed by atoms with Crippen molar-refractivity contribution in [3.63, 3.8) is 0 Å². The van der Waals surface area contributed by atoms with Gasteiger partial charge in [-0.3, -0.25) is 0 Å². The molecule has 0 saturated heterocycles. The highest BCUT2D eigenvalue weighted by atomic mass is 32.2. The Morgan fingerprint density at radius 2 is 2.00 bits per heavy atom. The smallest absolute Gasteiger partial charge is 0.243 e. The zero-order valence-corrected chi connectivity index (χ0v) is 12.2. The van der Waals surface area contributed by atoms with Crippen LogP contribution in [-0.4, -0.2) is 20.1 Å². The number of benzene rings is 1. The van der Waals surface area contributed by atoms with Gasteiger partial charge in [-0.15, -0.1) is 0 Å². The van der Waals surface area contributed by atoms with E-state index >= 15 is 0 Å². The third kappa shape index (κ3) is 4.26. The van der Waals surface area contributed by atoms with Gasteiger partial charge in [0.15, 0.2) is 0 Å². The van der Waals surface area contributed by atoms with Gasteiger partial charge in [0.05, 0.1) is 6.61 Å². The van der Waals surface area contributed by atoms with Crippen LogP contribution in [0.4, 0.5) is 4.39 Å². The summed E-state index contributed by atoms with van der Waals surface area (Å²) < 4.78 is 40.1. The van der Waals surface area contributed by atoms with Gasteiger partial charge >= 0.3 is 0 Å². The largest absolute Gasteiger partial charge is 0.392 e. The van der Waals surface area contributed by atoms with Crippen molar-refractivity contribution in [1.29, 1.82) is 0 Å². The number of hydrogen-bond acceptors (Lipinski definition) is 3. The van der Waals surface area contributed by atoms with Crippen molar-refractivity contribution >= 4 is 10.0 Å². The van der Waals surface area contributed by atoms with Gasteiger partial charge < -0.3 is 5.11 Å². The van der Waals surface area contributed by atoms with Gasteiger partial charge in [0.25, 0.3) is 0 Å². The summed E-state index contributed by atoms with van der Waals surface area (Å²) in [7, 11) is -3.87. The minimum Gasteiger partial charge on any atom is -0.392 e. The number of aliphatic hydroxyl groups excluding tert-OH is 1. The van der Waals surface area contributed by atoms with Crippen molar-refractivity contribution in [3.05, 3.63) is 29.6 Å². The maximum absolute atomic E-state index is 13.7. The van der Waals surface area contributed by atoms with Crippen molar-refractivity contribution in [3.8, 4) is 0 Å². The van der Waals surface area contributed by atoms with E-state index < -0.39 is 20.7 Å². The SMILES string of the molecule is CCC(C)(C)CNS(=O)(=O)c1ccc(CO)cc1F. The first kappa shape index (κ1) is 16.1. The molecule has 19 heavy (non-hydrogen) atoms. The maximum atomic E-state index is 13.7. The van der Waals surface area contributed by atoms with E-state index in [2.05, 4.69) is 4.72 Å². The Morgan fingerprint density at radius 3 is 2.47 bits per heavy atom. The Balaban J connectivity index is 2.95. The fraction of sp³-hybridized carbons (Fsp3) is 0.538. The summed E-state index contributed by atoms with van der Waals surface area (Å²) in [6.07, 6.45) is 0.807. The predicted octanol–water partition coefficient (Wildman–Crippen LogP) is 2.03. The molecule has 0 amide bonds. The first-order valence-corrected chi connectivity index (χ1v) is 7.59. The van der Waals surface area contributed by atoms with Crippen LogP contribution >= 0.6 is 0 Å². The molecule has 108 valence electrons. The van der Waals surface area contributed by atoms with Gasteiger partial charge in [-0.2, -0.15) is 0 Å². The number of nitrogens with one attached hydrogen (secondary N) is 1. The van der Waals surface area contributed by atoms with E-state index in [4.69, 9.17) is 5.11 Å². The molecule has 0 bridgehead atoms. The molecule has 0 radical (unpaired) electrons. The Morgan fingerprint density at radius 1 is 1.37 bits per heavy atom. The molecular weight excluding hydrogens is 269 g/mol. The zero-order valence-electron chi connectivity index (χ0n) is 11.4. The zero-order chi connectivity index (χ0) is 14.7. The second-order valence-corrected chi connectivity index (χ2v) is 7.00. The highest BCUT2D eigenvalue weighted by Crippen LogP contribution is 2.21. The molecular formula is C13H20FNO3S. The molecule has 0 aromatic heterocycles. The minimum absolute atomic E-state index is 0.186. The summed E-state index contributed by atoms with van der Waals surface area (Å²) in [5.74, 6) is -0.853. The third-order valence-corrected chi connectivity index (χ3v) is 4.60. The van der Waals surface area contributed by atoms with Gasteiger partial charge in [-0.1, -0.05) is 26.8 Å². The molecule has 0 unspecified atom stereocenters. The monoisotopic (exact) mass is 289 g/mol. The third-order valence-electron chi connectivity index (χ3n) is 3.17. The van der Waals surface area contributed by atoms with E-state index in [9.17, 15) is 12.8 Å². The van der Waals surface area contributed by atoms with Crippen LogP contribution in [0, 0.1) is 11.2 Å². The van der Waals surface area contributed by atoms with E-state index in [1.54, 1.807) is 0 Å². The van der Waals surface area contributed by atoms with Gasteiger partial charge in [0.2, 0.25) is 10.0 Å². The van der Waals surface area contributed by atoms with Crippen LogP contribution in [-0.2, 0) is 16.6 Å². The van der Waals surface area contributed by atoms with E-state index in [1.165, 1.54) is 12.1 Å². The van der Waals surface area contributed by atoms with Gasteiger partial charge in [0.1, 0.15) is 10.7 Å². The molecule has 1 rings (SSSR count). The van der Waals surface area contributed by atoms with Crippen molar-refractivity contribution in [1.82, 2.24) is 4.72 Å². The van der Waals surface area contributed by atoms with E-state index in [1.807, 2.05) is 20.8 Å². The Labute approximate surface area is 113 Å². The van der Waals surface area contributed by atoms with Crippen LogP contribution < -0.4 is 4.72 Å². The molecule has 6 heteroatoms. The summed E-state index contributed by atoms with van der Waals surface area (Å²) in [4.78, 5) is -0.392. The summed E-state index contributed by atoms with van der Waals surface area (Å²) in [6.45, 7) is 5.74. The highest BCUT2D eigenvalue weighted by Gasteiger charge is 2.23. The second-order valence-electron chi connectivity index (χ2n) is 5.27. The summed E-state index contributed by atoms with van der Waals surface area (Å²) >= 11 is 0. The van der Waals surface area contributed by atoms with Crippen LogP contribution in [0.3, 0.4) is 0 Å². The molecule has 0 aliphatic rings. The molecule has 0 heterocycles. The average Bonchev–Trinajstić information content (AvgIpc) is 2.36. The molecule has 1 aromatic rings. The Hall–Kier alpha value is -0.980. The van der Waals surface area contributed by atoms with Gasteiger partial charge in [-0.25, -0.2) is 17.5 Å². The second kappa shape index (κ2) is 5.98. The number of rotatable bonds is 6. The molecule has 4 nitrogen and oxygen atoms in total. The molecule has 0 spiro atoms. The van der Waals surface area contributed by atoms with Gasteiger partial charge in [-0.05, 0) is 29.5 Å². The summed E-state index contributed by atoms with van der Waals surface area (Å²) in [6, 6.07) is 3.59. The minimum atomic E-state index is -3.87. The maximum Gasteiger partial charge on any atom is 0.243 e. The molecule has 0 fully saturated rings. The number of sulfonamides is 1. The lowest BCUT2D eigenvalue weighted by molar-refractivity contribution is 0.281. The lowest BCUT2D eigenvalue weighted by atomic mass is 9.91. The van der Waals surface area contributed by atoms with Crippen LogP contribution in [0.15, 0.2) is 23.1 Å². The fourth-order valence-corrected chi connectivity index (χ4v) is 2.65. The molecule has 0 atom stereocenters.